The Bertz CT molecular complexity index is 508. The van der Waals surface area contributed by atoms with E-state index in [-0.39, 0.29) is 12.4 Å². The minimum absolute atomic E-state index is 0.0202. The fourth-order valence-electron chi connectivity index (χ4n) is 2.19. The van der Waals surface area contributed by atoms with Gasteiger partial charge in [-0.15, -0.1) is 11.8 Å². The number of aliphatic hydroxyl groups is 2. The van der Waals surface area contributed by atoms with E-state index < -0.39 is 6.10 Å². The molecule has 0 saturated heterocycles. The van der Waals surface area contributed by atoms with Gasteiger partial charge < -0.3 is 21.2 Å². The van der Waals surface area contributed by atoms with Crippen LogP contribution in [0.4, 0.5) is 0 Å². The molecule has 6 nitrogen and oxygen atoms in total. The molecule has 5 N–H and O–H groups in total. The van der Waals surface area contributed by atoms with Crippen molar-refractivity contribution in [2.24, 2.45) is 10.9 Å². The number of amidine groups is 1. The van der Waals surface area contributed by atoms with Crippen LogP contribution in [-0.4, -0.2) is 44.7 Å². The molecule has 0 aliphatic heterocycles. The number of aromatic nitrogens is 1. The van der Waals surface area contributed by atoms with Gasteiger partial charge in [-0.05, 0) is 37.3 Å². The highest BCUT2D eigenvalue weighted by molar-refractivity contribution is 7.99. The first-order valence-corrected chi connectivity index (χ1v) is 7.56. The number of nitrogens with two attached hydrogens (primary N) is 1. The SMILES string of the molecule is NC(=NO)c1cc2c(nc1SCC(O)CO)CCCC2. The van der Waals surface area contributed by atoms with E-state index >= 15 is 0 Å². The van der Waals surface area contributed by atoms with Gasteiger partial charge in [-0.1, -0.05) is 5.16 Å². The van der Waals surface area contributed by atoms with Gasteiger partial charge in [-0.25, -0.2) is 4.98 Å². The molecule has 0 bridgehead atoms. The van der Waals surface area contributed by atoms with E-state index in [9.17, 15) is 5.11 Å². The van der Waals surface area contributed by atoms with Crippen molar-refractivity contribution in [2.45, 2.75) is 36.8 Å². The molecule has 7 heteroatoms. The number of nitrogens with zero attached hydrogens (tertiary/aromatic N) is 2. The third-order valence-corrected chi connectivity index (χ3v) is 4.41. The zero-order chi connectivity index (χ0) is 14.5. The third kappa shape index (κ3) is 3.41. The summed E-state index contributed by atoms with van der Waals surface area (Å²) in [6, 6.07) is 1.92. The Morgan fingerprint density at radius 2 is 2.20 bits per heavy atom. The molecule has 0 spiro atoms. The summed E-state index contributed by atoms with van der Waals surface area (Å²) >= 11 is 1.30. The Kier molecular flexibility index (Phi) is 5.22. The van der Waals surface area contributed by atoms with E-state index in [0.717, 1.165) is 36.9 Å². The first-order chi connectivity index (χ1) is 9.65. The highest BCUT2D eigenvalue weighted by atomic mass is 32.2. The standard InChI is InChI=1S/C13H19N3O3S/c14-12(16-19)10-5-8-3-1-2-4-11(8)15-13(10)20-7-9(18)6-17/h5,9,17-19H,1-4,6-7H2,(H2,14,16). The zero-order valence-electron chi connectivity index (χ0n) is 11.1. The molecule has 0 saturated carbocycles. The van der Waals surface area contributed by atoms with Gasteiger partial charge in [0.25, 0.3) is 0 Å². The molecule has 1 aromatic rings. The maximum atomic E-state index is 9.43. The van der Waals surface area contributed by atoms with Gasteiger partial charge in [0.1, 0.15) is 5.03 Å². The predicted molar refractivity (Wildman–Crippen MR) is 77.2 cm³/mol. The fraction of sp³-hybridized carbons (Fsp3) is 0.538. The molecule has 1 heterocycles. The molecular weight excluding hydrogens is 278 g/mol. The number of fused-ring (bicyclic) bond motifs is 1. The van der Waals surface area contributed by atoms with Crippen LogP contribution in [0.3, 0.4) is 0 Å². The van der Waals surface area contributed by atoms with Gasteiger partial charge in [0, 0.05) is 11.4 Å². The van der Waals surface area contributed by atoms with E-state index in [0.29, 0.717) is 16.3 Å². The molecule has 0 aromatic carbocycles. The number of oxime groups is 1. The normalized spacial score (nSPS) is 16.8. The highest BCUT2D eigenvalue weighted by Gasteiger charge is 2.18. The molecule has 1 aliphatic rings. The quantitative estimate of drug-likeness (QED) is 0.207. The second kappa shape index (κ2) is 6.92. The summed E-state index contributed by atoms with van der Waals surface area (Å²) in [5.41, 5.74) is 8.48. The summed E-state index contributed by atoms with van der Waals surface area (Å²) in [6.07, 6.45) is 3.32. The van der Waals surface area contributed by atoms with Gasteiger partial charge in [0.05, 0.1) is 18.3 Å². The molecule has 1 aromatic heterocycles. The zero-order valence-corrected chi connectivity index (χ0v) is 11.9. The topological polar surface area (TPSA) is 112 Å². The summed E-state index contributed by atoms with van der Waals surface area (Å²) in [6.45, 7) is -0.295. The summed E-state index contributed by atoms with van der Waals surface area (Å²) in [5.74, 6) is 0.334. The lowest BCUT2D eigenvalue weighted by Crippen LogP contribution is -2.19. The molecule has 2 rings (SSSR count). The van der Waals surface area contributed by atoms with Gasteiger partial charge in [-0.3, -0.25) is 0 Å². The lowest BCUT2D eigenvalue weighted by atomic mass is 9.95. The van der Waals surface area contributed by atoms with Gasteiger partial charge in [0.2, 0.25) is 0 Å². The lowest BCUT2D eigenvalue weighted by molar-refractivity contribution is 0.113. The smallest absolute Gasteiger partial charge is 0.172 e. The largest absolute Gasteiger partial charge is 0.409 e. The van der Waals surface area contributed by atoms with Gasteiger partial charge in [-0.2, -0.15) is 0 Å². The number of pyridine rings is 1. The summed E-state index contributed by atoms with van der Waals surface area (Å²) in [4.78, 5) is 4.59. The predicted octanol–water partition coefficient (Wildman–Crippen LogP) is 0.500. The third-order valence-electron chi connectivity index (χ3n) is 3.27. The van der Waals surface area contributed by atoms with Crippen LogP contribution >= 0.6 is 11.8 Å². The second-order valence-corrected chi connectivity index (χ2v) is 5.80. The number of thioether (sulfide) groups is 1. The fourth-order valence-corrected chi connectivity index (χ4v) is 3.14. The molecule has 1 atom stereocenters. The van der Waals surface area contributed by atoms with Crippen LogP contribution in [0.1, 0.15) is 29.7 Å². The monoisotopic (exact) mass is 297 g/mol. The van der Waals surface area contributed by atoms with Crippen molar-refractivity contribution < 1.29 is 15.4 Å². The second-order valence-electron chi connectivity index (χ2n) is 4.79. The number of aryl methyl sites for hydroxylation is 2. The number of hydrogen-bond donors (Lipinski definition) is 4. The average Bonchev–Trinajstić information content (AvgIpc) is 2.50. The Balaban J connectivity index is 2.31. The van der Waals surface area contributed by atoms with Gasteiger partial charge in [0.15, 0.2) is 5.84 Å². The van der Waals surface area contributed by atoms with Crippen LogP contribution in [0.2, 0.25) is 0 Å². The maximum absolute atomic E-state index is 9.43. The molecule has 0 radical (unpaired) electrons. The van der Waals surface area contributed by atoms with Gasteiger partial charge >= 0.3 is 0 Å². The molecular formula is C13H19N3O3S. The molecule has 0 amide bonds. The summed E-state index contributed by atoms with van der Waals surface area (Å²) in [5, 5.41) is 30.8. The van der Waals surface area contributed by atoms with Crippen LogP contribution in [-0.2, 0) is 12.8 Å². The highest BCUT2D eigenvalue weighted by Crippen LogP contribution is 2.28. The molecule has 110 valence electrons. The van der Waals surface area contributed by atoms with Crippen molar-refractivity contribution in [3.05, 3.63) is 22.9 Å². The Labute approximate surface area is 121 Å². The van der Waals surface area contributed by atoms with Crippen molar-refractivity contribution in [2.75, 3.05) is 12.4 Å². The lowest BCUT2D eigenvalue weighted by Gasteiger charge is -2.18. The van der Waals surface area contributed by atoms with E-state index in [1.165, 1.54) is 11.8 Å². The minimum Gasteiger partial charge on any atom is -0.409 e. The van der Waals surface area contributed by atoms with E-state index in [1.807, 2.05) is 6.07 Å². The maximum Gasteiger partial charge on any atom is 0.172 e. The van der Waals surface area contributed by atoms with Crippen molar-refractivity contribution in [1.29, 1.82) is 0 Å². The summed E-state index contributed by atoms with van der Waals surface area (Å²) in [7, 11) is 0. The van der Waals surface area contributed by atoms with E-state index in [4.69, 9.17) is 16.0 Å². The minimum atomic E-state index is -0.807. The van der Waals surface area contributed by atoms with Crippen LogP contribution in [0.5, 0.6) is 0 Å². The van der Waals surface area contributed by atoms with Crippen LogP contribution < -0.4 is 5.73 Å². The molecule has 1 aliphatic carbocycles. The van der Waals surface area contributed by atoms with Crippen LogP contribution in [0.25, 0.3) is 0 Å². The number of rotatable bonds is 5. The molecule has 0 fully saturated rings. The van der Waals surface area contributed by atoms with E-state index in [1.54, 1.807) is 0 Å². The first kappa shape index (κ1) is 15.1. The van der Waals surface area contributed by atoms with Crippen molar-refractivity contribution in [1.82, 2.24) is 4.98 Å². The van der Waals surface area contributed by atoms with Crippen molar-refractivity contribution in [3.8, 4) is 0 Å². The number of aliphatic hydroxyl groups excluding tert-OH is 2. The Hall–Kier alpha value is -1.31. The van der Waals surface area contributed by atoms with Crippen molar-refractivity contribution >= 4 is 17.6 Å². The Morgan fingerprint density at radius 3 is 2.90 bits per heavy atom. The number of hydrogen-bond acceptors (Lipinski definition) is 6. The van der Waals surface area contributed by atoms with Crippen LogP contribution in [0.15, 0.2) is 16.2 Å². The molecule has 1 unspecified atom stereocenters. The summed E-state index contributed by atoms with van der Waals surface area (Å²) < 4.78 is 0. The van der Waals surface area contributed by atoms with Crippen molar-refractivity contribution in [3.63, 3.8) is 0 Å². The average molecular weight is 297 g/mol. The first-order valence-electron chi connectivity index (χ1n) is 6.58. The van der Waals surface area contributed by atoms with Crippen LogP contribution in [0, 0.1) is 0 Å². The van der Waals surface area contributed by atoms with E-state index in [2.05, 4.69) is 10.1 Å². The molecule has 20 heavy (non-hydrogen) atoms. The Morgan fingerprint density at radius 1 is 1.45 bits per heavy atom.